The smallest absolute Gasteiger partial charge is 0.305 e. The van der Waals surface area contributed by atoms with E-state index < -0.39 is 24.3 Å². The largest absolute Gasteiger partial charge is 0.463 e. The van der Waals surface area contributed by atoms with Crippen molar-refractivity contribution in [2.24, 2.45) is 17.8 Å². The molecule has 1 aliphatic carbocycles. The Bertz CT molecular complexity index is 1020. The van der Waals surface area contributed by atoms with Crippen LogP contribution in [0.4, 0.5) is 0 Å². The lowest BCUT2D eigenvalue weighted by Crippen LogP contribution is -2.25. The van der Waals surface area contributed by atoms with Gasteiger partial charge in [-0.15, -0.1) is 0 Å². The second-order valence-electron chi connectivity index (χ2n) is 16.9. The number of carbonyl (C=O) groups excluding carboxylic acids is 3. The van der Waals surface area contributed by atoms with Crippen LogP contribution in [0.15, 0.2) is 24.3 Å². The number of hydrogen-bond acceptors (Lipinski definition) is 8. The zero-order valence-corrected chi connectivity index (χ0v) is 36.3. The summed E-state index contributed by atoms with van der Waals surface area (Å²) in [4.78, 5) is 36.6. The quantitative estimate of drug-likeness (QED) is 0.0320. The molecule has 0 aromatic carbocycles. The highest BCUT2D eigenvalue weighted by molar-refractivity contribution is 5.84. The van der Waals surface area contributed by atoms with E-state index in [1.807, 2.05) is 12.2 Å². The minimum atomic E-state index is -1.05. The average molecular weight is 791 g/mol. The molecule has 1 aliphatic rings. The lowest BCUT2D eigenvalue weighted by atomic mass is 9.90. The molecule has 8 heteroatoms. The molecule has 0 saturated heterocycles. The predicted molar refractivity (Wildman–Crippen MR) is 229 cm³/mol. The normalized spacial score (nSPS) is 18.9. The van der Waals surface area contributed by atoms with Crippen molar-refractivity contribution in [2.75, 3.05) is 13.2 Å². The summed E-state index contributed by atoms with van der Waals surface area (Å²) in [5, 5.41) is 30.7. The standard InChI is InChI=1S/C48H86O8/c1-4-6-25-31-41(49)35-36-44-43(45(51)37-46(44)52)32-27-23-24-29-34-48(54)56-39-42(50)38-55-47(53)33-28-22-20-18-16-14-12-10-8-7-9-11-13-15-17-19-21-26-30-40(3)5-2/h23,27,35-36,40-44,46,49-50,52H,4-22,24-26,28-34,37-39H2,1-3H3/b27-23-,36-35+/t40?,41-,42-,43+,44+,46+/m0/s1. The van der Waals surface area contributed by atoms with Gasteiger partial charge in [0.1, 0.15) is 25.1 Å². The first-order valence-electron chi connectivity index (χ1n) is 23.4. The minimum Gasteiger partial charge on any atom is -0.463 e. The van der Waals surface area contributed by atoms with Gasteiger partial charge in [0.2, 0.25) is 0 Å². The molecular weight excluding hydrogens is 705 g/mol. The number of allylic oxidation sites excluding steroid dienone is 2. The van der Waals surface area contributed by atoms with Crippen LogP contribution in [0.3, 0.4) is 0 Å². The second kappa shape index (κ2) is 36.1. The maximum Gasteiger partial charge on any atom is 0.305 e. The fourth-order valence-corrected chi connectivity index (χ4v) is 7.57. The van der Waals surface area contributed by atoms with Gasteiger partial charge in [-0.1, -0.05) is 186 Å². The van der Waals surface area contributed by atoms with Crippen molar-refractivity contribution in [3.63, 3.8) is 0 Å². The van der Waals surface area contributed by atoms with E-state index in [1.165, 1.54) is 109 Å². The Hall–Kier alpha value is -2.03. The lowest BCUT2D eigenvalue weighted by molar-refractivity contribution is -0.152. The number of aliphatic hydroxyl groups excluding tert-OH is 3. The van der Waals surface area contributed by atoms with Crippen molar-refractivity contribution < 1.29 is 39.2 Å². The number of rotatable bonds is 38. The Kier molecular flexibility index (Phi) is 33.5. The third-order valence-electron chi connectivity index (χ3n) is 11.6. The fraction of sp³-hybridized carbons (Fsp3) is 0.854. The first-order valence-corrected chi connectivity index (χ1v) is 23.4. The molecule has 0 aliphatic heterocycles. The van der Waals surface area contributed by atoms with Gasteiger partial charge in [-0.25, -0.2) is 0 Å². The number of unbranched alkanes of at least 4 members (excludes halogenated alkanes) is 20. The number of esters is 2. The van der Waals surface area contributed by atoms with Crippen molar-refractivity contribution in [1.82, 2.24) is 0 Å². The van der Waals surface area contributed by atoms with Gasteiger partial charge in [0.15, 0.2) is 0 Å². The van der Waals surface area contributed by atoms with E-state index in [0.717, 1.165) is 44.4 Å². The summed E-state index contributed by atoms with van der Waals surface area (Å²) in [5.74, 6) is -0.423. The molecular formula is C48H86O8. The molecule has 1 saturated carbocycles. The molecule has 0 bridgehead atoms. The van der Waals surface area contributed by atoms with Crippen LogP contribution in [0.1, 0.15) is 213 Å². The van der Waals surface area contributed by atoms with Crippen molar-refractivity contribution >= 4 is 17.7 Å². The van der Waals surface area contributed by atoms with Crippen molar-refractivity contribution in [1.29, 1.82) is 0 Å². The zero-order chi connectivity index (χ0) is 41.1. The number of hydrogen-bond donors (Lipinski definition) is 3. The molecule has 0 spiro atoms. The van der Waals surface area contributed by atoms with E-state index in [1.54, 1.807) is 12.2 Å². The molecule has 56 heavy (non-hydrogen) atoms. The van der Waals surface area contributed by atoms with Gasteiger partial charge in [-0.2, -0.15) is 0 Å². The van der Waals surface area contributed by atoms with Gasteiger partial charge < -0.3 is 24.8 Å². The van der Waals surface area contributed by atoms with E-state index in [-0.39, 0.29) is 49.6 Å². The highest BCUT2D eigenvalue weighted by Gasteiger charge is 2.39. The Balaban J connectivity index is 1.95. The Morgan fingerprint density at radius 3 is 1.68 bits per heavy atom. The summed E-state index contributed by atoms with van der Waals surface area (Å²) in [7, 11) is 0. The highest BCUT2D eigenvalue weighted by atomic mass is 16.6. The first kappa shape index (κ1) is 52.0. The van der Waals surface area contributed by atoms with E-state index in [4.69, 9.17) is 9.47 Å². The Labute approximate surface area is 343 Å². The number of ketones is 1. The molecule has 3 N–H and O–H groups in total. The second-order valence-corrected chi connectivity index (χ2v) is 16.9. The summed E-state index contributed by atoms with van der Waals surface area (Å²) in [6.45, 7) is 6.39. The van der Waals surface area contributed by atoms with Crippen LogP contribution in [0.2, 0.25) is 0 Å². The molecule has 1 rings (SSSR count). The molecule has 0 aromatic heterocycles. The highest BCUT2D eigenvalue weighted by Crippen LogP contribution is 2.33. The van der Waals surface area contributed by atoms with Gasteiger partial charge in [-0.05, 0) is 38.0 Å². The summed E-state index contributed by atoms with van der Waals surface area (Å²) in [5.41, 5.74) is 0. The van der Waals surface area contributed by atoms with Crippen LogP contribution >= 0.6 is 0 Å². The zero-order valence-electron chi connectivity index (χ0n) is 36.3. The molecule has 326 valence electrons. The molecule has 0 radical (unpaired) electrons. The van der Waals surface area contributed by atoms with Crippen molar-refractivity contribution in [3.8, 4) is 0 Å². The van der Waals surface area contributed by atoms with Gasteiger partial charge in [-0.3, -0.25) is 14.4 Å². The van der Waals surface area contributed by atoms with Gasteiger partial charge in [0, 0.05) is 31.1 Å². The molecule has 6 atom stereocenters. The Morgan fingerprint density at radius 2 is 1.16 bits per heavy atom. The maximum absolute atomic E-state index is 12.5. The van der Waals surface area contributed by atoms with Gasteiger partial charge in [0.05, 0.1) is 12.2 Å². The molecule has 1 unspecified atom stereocenters. The fourth-order valence-electron chi connectivity index (χ4n) is 7.57. The van der Waals surface area contributed by atoms with Crippen molar-refractivity contribution in [3.05, 3.63) is 24.3 Å². The third kappa shape index (κ3) is 29.2. The van der Waals surface area contributed by atoms with Crippen LogP contribution in [-0.2, 0) is 23.9 Å². The summed E-state index contributed by atoms with van der Waals surface area (Å²) >= 11 is 0. The summed E-state index contributed by atoms with van der Waals surface area (Å²) in [6.07, 6.45) is 37.4. The van der Waals surface area contributed by atoms with Crippen LogP contribution in [-0.4, -0.2) is 64.6 Å². The molecule has 0 heterocycles. The van der Waals surface area contributed by atoms with Gasteiger partial charge >= 0.3 is 11.9 Å². The van der Waals surface area contributed by atoms with Crippen LogP contribution < -0.4 is 0 Å². The SMILES string of the molecule is CCCCC[C@H](O)/C=C/[C@H]1[C@H](O)CC(=O)[C@@H]1C/C=C\CCCC(=O)OC[C@@H](O)COC(=O)CCCCCCCCCCCCCCCCCCCCC(C)CC. The predicted octanol–water partition coefficient (Wildman–Crippen LogP) is 11.5. The van der Waals surface area contributed by atoms with Crippen LogP contribution in [0.25, 0.3) is 0 Å². The molecule has 0 amide bonds. The van der Waals surface area contributed by atoms with Crippen LogP contribution in [0.5, 0.6) is 0 Å². The number of carbonyl (C=O) groups is 3. The van der Waals surface area contributed by atoms with E-state index >= 15 is 0 Å². The number of Topliss-reactive ketones (excluding diaryl/α,β-unsaturated/α-hetero) is 1. The van der Waals surface area contributed by atoms with Gasteiger partial charge in [0.25, 0.3) is 0 Å². The van der Waals surface area contributed by atoms with E-state index in [9.17, 15) is 29.7 Å². The maximum atomic E-state index is 12.5. The average Bonchev–Trinajstić information content (AvgIpc) is 3.46. The Morgan fingerprint density at radius 1 is 0.679 bits per heavy atom. The monoisotopic (exact) mass is 791 g/mol. The lowest BCUT2D eigenvalue weighted by Gasteiger charge is -2.16. The summed E-state index contributed by atoms with van der Waals surface area (Å²) in [6, 6.07) is 0. The number of ether oxygens (including phenoxy) is 2. The third-order valence-corrected chi connectivity index (χ3v) is 11.6. The topological polar surface area (TPSA) is 130 Å². The van der Waals surface area contributed by atoms with Crippen LogP contribution in [0, 0.1) is 17.8 Å². The minimum absolute atomic E-state index is 0.0333. The van der Waals surface area contributed by atoms with E-state index in [2.05, 4.69) is 20.8 Å². The van der Waals surface area contributed by atoms with E-state index in [0.29, 0.717) is 32.1 Å². The molecule has 1 fully saturated rings. The number of aliphatic hydroxyl groups is 3. The first-order chi connectivity index (χ1) is 27.2. The summed E-state index contributed by atoms with van der Waals surface area (Å²) < 4.78 is 10.3. The molecule has 0 aromatic rings. The van der Waals surface area contributed by atoms with Crippen molar-refractivity contribution in [2.45, 2.75) is 232 Å². The molecule has 8 nitrogen and oxygen atoms in total.